The van der Waals surface area contributed by atoms with E-state index in [4.69, 9.17) is 18.9 Å². The molecular weight excluding hydrogens is 284 g/mol. The van der Waals surface area contributed by atoms with Crippen molar-refractivity contribution in [2.75, 3.05) is 19.8 Å². The summed E-state index contributed by atoms with van der Waals surface area (Å²) < 4.78 is 22.2. The molecule has 0 aliphatic carbocycles. The van der Waals surface area contributed by atoms with E-state index in [1.54, 1.807) is 6.07 Å². The van der Waals surface area contributed by atoms with Gasteiger partial charge in [0.15, 0.2) is 17.8 Å². The molecule has 0 N–H and O–H groups in total. The predicted octanol–water partition coefficient (Wildman–Crippen LogP) is 3.62. The topological polar surface area (TPSA) is 54.0 Å². The van der Waals surface area contributed by atoms with E-state index in [2.05, 4.69) is 0 Å². The molecular formula is C17H24O5. The van der Waals surface area contributed by atoms with Crippen LogP contribution in [0.25, 0.3) is 0 Å². The van der Waals surface area contributed by atoms with Gasteiger partial charge in [0.1, 0.15) is 0 Å². The molecule has 0 radical (unpaired) electrons. The molecule has 0 atom stereocenters. The third-order valence-corrected chi connectivity index (χ3v) is 3.33. The van der Waals surface area contributed by atoms with Crippen LogP contribution in [0.5, 0.6) is 11.5 Å². The van der Waals surface area contributed by atoms with Crippen LogP contribution in [0.4, 0.5) is 0 Å². The van der Waals surface area contributed by atoms with Crippen molar-refractivity contribution in [1.82, 2.24) is 0 Å². The zero-order chi connectivity index (χ0) is 15.8. The van der Waals surface area contributed by atoms with E-state index in [1.165, 1.54) is 0 Å². The Labute approximate surface area is 131 Å². The Balaban J connectivity index is 2.10. The molecule has 1 aliphatic rings. The van der Waals surface area contributed by atoms with Crippen LogP contribution in [0.1, 0.15) is 51.4 Å². The van der Waals surface area contributed by atoms with E-state index < -0.39 is 0 Å². The average Bonchev–Trinajstić information content (AvgIpc) is 2.55. The molecule has 2 rings (SSSR count). The molecule has 0 aromatic heterocycles. The summed E-state index contributed by atoms with van der Waals surface area (Å²) >= 11 is 0. The minimum absolute atomic E-state index is 0.235. The Bertz CT molecular complexity index is 480. The quantitative estimate of drug-likeness (QED) is 0.569. The van der Waals surface area contributed by atoms with E-state index in [0.29, 0.717) is 37.7 Å². The summed E-state index contributed by atoms with van der Waals surface area (Å²) in [6.07, 6.45) is 2.73. The first-order valence-electron chi connectivity index (χ1n) is 7.95. The van der Waals surface area contributed by atoms with Crippen LogP contribution in [0.2, 0.25) is 0 Å². The number of carbonyl (C=O) groups excluding carboxylic acids is 1. The van der Waals surface area contributed by atoms with Crippen LogP contribution in [-0.2, 0) is 14.3 Å². The van der Waals surface area contributed by atoms with Gasteiger partial charge in [0.2, 0.25) is 0 Å². The Morgan fingerprint density at radius 2 is 2.00 bits per heavy atom. The van der Waals surface area contributed by atoms with Crippen molar-refractivity contribution in [1.29, 1.82) is 0 Å². The van der Waals surface area contributed by atoms with E-state index >= 15 is 0 Å². The molecule has 1 aliphatic heterocycles. The highest BCUT2D eigenvalue weighted by Gasteiger charge is 2.19. The fraction of sp³-hybridized carbons (Fsp3) is 0.588. The number of esters is 1. The lowest BCUT2D eigenvalue weighted by molar-refractivity contribution is -0.183. The van der Waals surface area contributed by atoms with Gasteiger partial charge in [-0.05, 0) is 38.0 Å². The molecule has 1 aromatic carbocycles. The lowest BCUT2D eigenvalue weighted by atomic mass is 10.2. The minimum atomic E-state index is -0.377. The lowest BCUT2D eigenvalue weighted by Gasteiger charge is -2.24. The SMILES string of the molecule is CCCCC(=O)Oc1ccc(C2OCCCO2)cc1OCC. The maximum Gasteiger partial charge on any atom is 0.311 e. The molecule has 1 aromatic rings. The molecule has 0 spiro atoms. The van der Waals surface area contributed by atoms with Crippen molar-refractivity contribution in [3.8, 4) is 11.5 Å². The Morgan fingerprint density at radius 1 is 1.23 bits per heavy atom. The van der Waals surface area contributed by atoms with Crippen molar-refractivity contribution in [2.24, 2.45) is 0 Å². The normalized spacial score (nSPS) is 15.5. The third-order valence-electron chi connectivity index (χ3n) is 3.33. The summed E-state index contributed by atoms with van der Waals surface area (Å²) in [5.41, 5.74) is 0.872. The average molecular weight is 308 g/mol. The monoisotopic (exact) mass is 308 g/mol. The maximum absolute atomic E-state index is 11.8. The second-order valence-electron chi connectivity index (χ2n) is 5.14. The number of carbonyl (C=O) groups is 1. The summed E-state index contributed by atoms with van der Waals surface area (Å²) in [5, 5.41) is 0. The van der Waals surface area contributed by atoms with Crippen LogP contribution in [0.15, 0.2) is 18.2 Å². The summed E-state index contributed by atoms with van der Waals surface area (Å²) in [4.78, 5) is 11.8. The molecule has 0 amide bonds. The summed E-state index contributed by atoms with van der Waals surface area (Å²) in [6.45, 7) is 5.79. The van der Waals surface area contributed by atoms with E-state index in [1.807, 2.05) is 26.0 Å². The van der Waals surface area contributed by atoms with Crippen LogP contribution in [0, 0.1) is 0 Å². The summed E-state index contributed by atoms with van der Waals surface area (Å²) in [6, 6.07) is 5.41. The van der Waals surface area contributed by atoms with Crippen molar-refractivity contribution in [2.45, 2.75) is 45.8 Å². The van der Waals surface area contributed by atoms with Gasteiger partial charge in [0, 0.05) is 12.0 Å². The molecule has 1 fully saturated rings. The fourth-order valence-corrected chi connectivity index (χ4v) is 2.20. The van der Waals surface area contributed by atoms with Gasteiger partial charge >= 0.3 is 5.97 Å². The highest BCUT2D eigenvalue weighted by Crippen LogP contribution is 2.33. The van der Waals surface area contributed by atoms with Crippen molar-refractivity contribution < 1.29 is 23.7 Å². The van der Waals surface area contributed by atoms with Crippen molar-refractivity contribution in [3.63, 3.8) is 0 Å². The highest BCUT2D eigenvalue weighted by atomic mass is 16.7. The smallest absolute Gasteiger partial charge is 0.311 e. The molecule has 0 saturated carbocycles. The van der Waals surface area contributed by atoms with Gasteiger partial charge in [0.25, 0.3) is 0 Å². The summed E-state index contributed by atoms with van der Waals surface area (Å²) in [7, 11) is 0. The number of unbranched alkanes of at least 4 members (excludes halogenated alkanes) is 1. The first kappa shape index (κ1) is 16.8. The van der Waals surface area contributed by atoms with Gasteiger partial charge in [-0.25, -0.2) is 0 Å². The molecule has 1 saturated heterocycles. The van der Waals surface area contributed by atoms with Crippen LogP contribution >= 0.6 is 0 Å². The number of rotatable bonds is 7. The molecule has 122 valence electrons. The maximum atomic E-state index is 11.8. The molecule has 0 unspecified atom stereocenters. The van der Waals surface area contributed by atoms with Crippen LogP contribution < -0.4 is 9.47 Å². The number of ether oxygens (including phenoxy) is 4. The second-order valence-corrected chi connectivity index (χ2v) is 5.14. The first-order valence-corrected chi connectivity index (χ1v) is 7.95. The zero-order valence-corrected chi connectivity index (χ0v) is 13.3. The van der Waals surface area contributed by atoms with Crippen LogP contribution in [-0.4, -0.2) is 25.8 Å². The number of benzene rings is 1. The minimum Gasteiger partial charge on any atom is -0.490 e. The lowest BCUT2D eigenvalue weighted by Crippen LogP contribution is -2.18. The van der Waals surface area contributed by atoms with Crippen molar-refractivity contribution >= 4 is 5.97 Å². The van der Waals surface area contributed by atoms with Gasteiger partial charge in [-0.15, -0.1) is 0 Å². The summed E-state index contributed by atoms with van der Waals surface area (Å²) in [5.74, 6) is 0.755. The van der Waals surface area contributed by atoms with Crippen molar-refractivity contribution in [3.05, 3.63) is 23.8 Å². The van der Waals surface area contributed by atoms with Crippen LogP contribution in [0.3, 0.4) is 0 Å². The largest absolute Gasteiger partial charge is 0.490 e. The fourth-order valence-electron chi connectivity index (χ4n) is 2.20. The molecule has 0 bridgehead atoms. The molecule has 22 heavy (non-hydrogen) atoms. The van der Waals surface area contributed by atoms with Gasteiger partial charge in [0.05, 0.1) is 19.8 Å². The van der Waals surface area contributed by atoms with Gasteiger partial charge in [-0.2, -0.15) is 0 Å². The third kappa shape index (κ3) is 4.71. The molecule has 1 heterocycles. The van der Waals surface area contributed by atoms with Gasteiger partial charge in [-0.3, -0.25) is 4.79 Å². The Kier molecular flexibility index (Phi) is 6.68. The van der Waals surface area contributed by atoms with E-state index in [0.717, 1.165) is 24.8 Å². The number of hydrogen-bond donors (Lipinski definition) is 0. The van der Waals surface area contributed by atoms with Gasteiger partial charge < -0.3 is 18.9 Å². The highest BCUT2D eigenvalue weighted by molar-refractivity contribution is 5.73. The van der Waals surface area contributed by atoms with Gasteiger partial charge in [-0.1, -0.05) is 13.3 Å². The van der Waals surface area contributed by atoms with E-state index in [9.17, 15) is 4.79 Å². The Hall–Kier alpha value is -1.59. The zero-order valence-electron chi connectivity index (χ0n) is 13.3. The first-order chi connectivity index (χ1) is 10.7. The number of hydrogen-bond acceptors (Lipinski definition) is 5. The standard InChI is InChI=1S/C17H24O5/c1-3-5-7-16(18)22-14-9-8-13(12-15(14)19-4-2)17-20-10-6-11-21-17/h8-9,12,17H,3-7,10-11H2,1-2H3. The Morgan fingerprint density at radius 3 is 2.68 bits per heavy atom. The second kappa shape index (κ2) is 8.76. The van der Waals surface area contributed by atoms with E-state index in [-0.39, 0.29) is 12.3 Å². The molecule has 5 nitrogen and oxygen atoms in total. The molecule has 5 heteroatoms. The predicted molar refractivity (Wildman–Crippen MR) is 82.0 cm³/mol.